The molecule has 0 bridgehead atoms. The molecule has 0 aliphatic rings. The minimum atomic E-state index is -0.0359. The lowest BCUT2D eigenvalue weighted by Gasteiger charge is -2.11. The molecule has 0 saturated carbocycles. The van der Waals surface area contributed by atoms with E-state index in [9.17, 15) is 4.79 Å². The number of nitrogens with two attached hydrogens (primary N) is 1. The topological polar surface area (TPSA) is 64.3 Å². The molecule has 3 N–H and O–H groups in total. The van der Waals surface area contributed by atoms with Crippen LogP contribution < -0.4 is 15.8 Å². The van der Waals surface area contributed by atoms with Crippen molar-refractivity contribution in [2.45, 2.75) is 32.7 Å². The van der Waals surface area contributed by atoms with Gasteiger partial charge in [0, 0.05) is 12.5 Å². The molecule has 1 atom stereocenters. The van der Waals surface area contributed by atoms with Gasteiger partial charge >= 0.3 is 0 Å². The largest absolute Gasteiger partial charge is 0.495 e. The number of aryl methyl sites for hydroxylation is 1. The number of carbonyl (C=O) groups excluding carboxylic acids is 1. The van der Waals surface area contributed by atoms with Crippen molar-refractivity contribution in [1.29, 1.82) is 0 Å². The van der Waals surface area contributed by atoms with Crippen LogP contribution in [0.15, 0.2) is 18.2 Å². The summed E-state index contributed by atoms with van der Waals surface area (Å²) in [6.45, 7) is 3.86. The van der Waals surface area contributed by atoms with Gasteiger partial charge in [-0.2, -0.15) is 0 Å². The molecule has 0 heterocycles. The number of hydrogen-bond donors (Lipinski definition) is 2. The number of methoxy groups -OCH3 is 1. The van der Waals surface area contributed by atoms with Gasteiger partial charge in [-0.25, -0.2) is 0 Å². The van der Waals surface area contributed by atoms with E-state index in [1.54, 1.807) is 7.11 Å². The van der Waals surface area contributed by atoms with Crippen molar-refractivity contribution in [2.24, 2.45) is 5.73 Å². The number of hydrogen-bond acceptors (Lipinski definition) is 3. The second kappa shape index (κ2) is 6.25. The Morgan fingerprint density at radius 2 is 2.24 bits per heavy atom. The second-order valence-corrected chi connectivity index (χ2v) is 4.27. The Kier molecular flexibility index (Phi) is 4.97. The fourth-order valence-electron chi connectivity index (χ4n) is 1.49. The smallest absolute Gasteiger partial charge is 0.224 e. The quantitative estimate of drug-likeness (QED) is 0.822. The average molecular weight is 236 g/mol. The molecule has 1 rings (SSSR count). The Hall–Kier alpha value is -1.55. The third-order valence-corrected chi connectivity index (χ3v) is 2.46. The molecule has 17 heavy (non-hydrogen) atoms. The molecule has 1 amide bonds. The van der Waals surface area contributed by atoms with E-state index >= 15 is 0 Å². The van der Waals surface area contributed by atoms with Crippen molar-refractivity contribution in [2.75, 3.05) is 12.4 Å². The normalized spacial score (nSPS) is 12.0. The van der Waals surface area contributed by atoms with Crippen molar-refractivity contribution < 1.29 is 9.53 Å². The fraction of sp³-hybridized carbons (Fsp3) is 0.462. The molecule has 4 heteroatoms. The molecular formula is C13H20N2O2. The molecule has 1 unspecified atom stereocenters. The summed E-state index contributed by atoms with van der Waals surface area (Å²) < 4.78 is 5.19. The van der Waals surface area contributed by atoms with E-state index in [0.717, 1.165) is 5.56 Å². The highest BCUT2D eigenvalue weighted by Gasteiger charge is 2.08. The summed E-state index contributed by atoms with van der Waals surface area (Å²) >= 11 is 0. The Bertz CT molecular complexity index is 389. The van der Waals surface area contributed by atoms with Crippen LogP contribution in [0.3, 0.4) is 0 Å². The number of ether oxygens (including phenoxy) is 1. The number of carbonyl (C=O) groups is 1. The van der Waals surface area contributed by atoms with Gasteiger partial charge in [-0.3, -0.25) is 4.79 Å². The second-order valence-electron chi connectivity index (χ2n) is 4.27. The van der Waals surface area contributed by atoms with Crippen LogP contribution in [0, 0.1) is 6.92 Å². The van der Waals surface area contributed by atoms with E-state index in [0.29, 0.717) is 24.3 Å². The summed E-state index contributed by atoms with van der Waals surface area (Å²) in [5, 5.41) is 2.84. The van der Waals surface area contributed by atoms with Gasteiger partial charge in [0.15, 0.2) is 0 Å². The van der Waals surface area contributed by atoms with Crippen LogP contribution in [-0.4, -0.2) is 19.1 Å². The van der Waals surface area contributed by atoms with E-state index in [1.165, 1.54) is 0 Å². The highest BCUT2D eigenvalue weighted by molar-refractivity contribution is 5.92. The SMILES string of the molecule is COc1ccc(C)cc1NC(=O)CCC(C)N. The minimum Gasteiger partial charge on any atom is -0.495 e. The van der Waals surface area contributed by atoms with Gasteiger partial charge in [-0.15, -0.1) is 0 Å². The molecule has 0 aliphatic carbocycles. The highest BCUT2D eigenvalue weighted by atomic mass is 16.5. The van der Waals surface area contributed by atoms with Crippen LogP contribution in [-0.2, 0) is 4.79 Å². The van der Waals surface area contributed by atoms with Crippen LogP contribution in [0.2, 0.25) is 0 Å². The number of nitrogens with one attached hydrogen (secondary N) is 1. The number of anilines is 1. The molecule has 1 aromatic carbocycles. The zero-order valence-corrected chi connectivity index (χ0v) is 10.6. The zero-order valence-electron chi connectivity index (χ0n) is 10.6. The number of amides is 1. The molecule has 0 fully saturated rings. The van der Waals surface area contributed by atoms with E-state index in [-0.39, 0.29) is 11.9 Å². The molecule has 0 saturated heterocycles. The van der Waals surface area contributed by atoms with Gasteiger partial charge in [-0.1, -0.05) is 6.07 Å². The first-order valence-corrected chi connectivity index (χ1v) is 5.73. The van der Waals surface area contributed by atoms with E-state index in [2.05, 4.69) is 5.32 Å². The van der Waals surface area contributed by atoms with Gasteiger partial charge in [0.05, 0.1) is 12.8 Å². The Balaban J connectivity index is 2.66. The van der Waals surface area contributed by atoms with E-state index in [1.807, 2.05) is 32.0 Å². The van der Waals surface area contributed by atoms with Crippen molar-refractivity contribution in [3.63, 3.8) is 0 Å². The summed E-state index contributed by atoms with van der Waals surface area (Å²) in [5.74, 6) is 0.635. The molecular weight excluding hydrogens is 216 g/mol. The Morgan fingerprint density at radius 1 is 1.53 bits per heavy atom. The summed E-state index contributed by atoms with van der Waals surface area (Å²) in [4.78, 5) is 11.7. The van der Waals surface area contributed by atoms with E-state index < -0.39 is 0 Å². The van der Waals surface area contributed by atoms with Gasteiger partial charge in [0.1, 0.15) is 5.75 Å². The van der Waals surface area contributed by atoms with E-state index in [4.69, 9.17) is 10.5 Å². The third kappa shape index (κ3) is 4.44. The van der Waals surface area contributed by atoms with Crippen molar-refractivity contribution in [3.8, 4) is 5.75 Å². The Labute approximate surface area is 102 Å². The molecule has 0 aromatic heterocycles. The standard InChI is InChI=1S/C13H20N2O2/c1-9-4-6-12(17-3)11(8-9)15-13(16)7-5-10(2)14/h4,6,8,10H,5,7,14H2,1-3H3,(H,15,16). The predicted molar refractivity (Wildman–Crippen MR) is 69.2 cm³/mol. The first-order chi connectivity index (χ1) is 8.02. The monoisotopic (exact) mass is 236 g/mol. The van der Waals surface area contributed by atoms with Gasteiger partial charge < -0.3 is 15.8 Å². The lowest BCUT2D eigenvalue weighted by molar-refractivity contribution is -0.116. The minimum absolute atomic E-state index is 0.0359. The van der Waals surface area contributed by atoms with Crippen molar-refractivity contribution in [3.05, 3.63) is 23.8 Å². The maximum atomic E-state index is 11.7. The summed E-state index contributed by atoms with van der Waals surface area (Å²) in [6, 6.07) is 5.72. The van der Waals surface area contributed by atoms with Crippen molar-refractivity contribution in [1.82, 2.24) is 0 Å². The maximum Gasteiger partial charge on any atom is 0.224 e. The number of rotatable bonds is 5. The third-order valence-electron chi connectivity index (χ3n) is 2.46. The molecule has 4 nitrogen and oxygen atoms in total. The van der Waals surface area contributed by atoms with Gasteiger partial charge in [0.2, 0.25) is 5.91 Å². The molecule has 0 radical (unpaired) electrons. The lowest BCUT2D eigenvalue weighted by atomic mass is 10.1. The summed E-state index contributed by atoms with van der Waals surface area (Å²) in [5.41, 5.74) is 7.40. The number of benzene rings is 1. The molecule has 0 spiro atoms. The Morgan fingerprint density at radius 3 is 2.82 bits per heavy atom. The van der Waals surface area contributed by atoms with Crippen LogP contribution in [0.4, 0.5) is 5.69 Å². The fourth-order valence-corrected chi connectivity index (χ4v) is 1.49. The highest BCUT2D eigenvalue weighted by Crippen LogP contribution is 2.25. The van der Waals surface area contributed by atoms with Gasteiger partial charge in [-0.05, 0) is 38.0 Å². The van der Waals surface area contributed by atoms with Crippen LogP contribution in [0.25, 0.3) is 0 Å². The summed E-state index contributed by atoms with van der Waals surface area (Å²) in [7, 11) is 1.59. The first-order valence-electron chi connectivity index (χ1n) is 5.73. The molecule has 94 valence electrons. The van der Waals surface area contributed by atoms with Crippen molar-refractivity contribution >= 4 is 11.6 Å². The molecule has 1 aromatic rings. The zero-order chi connectivity index (χ0) is 12.8. The lowest BCUT2D eigenvalue weighted by Crippen LogP contribution is -2.19. The summed E-state index contributed by atoms with van der Waals surface area (Å²) in [6.07, 6.45) is 1.11. The van der Waals surface area contributed by atoms with Gasteiger partial charge in [0.25, 0.3) is 0 Å². The average Bonchev–Trinajstić information content (AvgIpc) is 2.27. The first kappa shape index (κ1) is 13.5. The van der Waals surface area contributed by atoms with Crippen LogP contribution in [0.1, 0.15) is 25.3 Å². The van der Waals surface area contributed by atoms with Crippen LogP contribution >= 0.6 is 0 Å². The maximum absolute atomic E-state index is 11.7. The van der Waals surface area contributed by atoms with Crippen LogP contribution in [0.5, 0.6) is 5.75 Å². The molecule has 0 aliphatic heterocycles. The predicted octanol–water partition coefficient (Wildman–Crippen LogP) is 2.07.